The minimum Gasteiger partial charge on any atom is -0.208 e. The third-order valence-electron chi connectivity index (χ3n) is 11.6. The molecule has 0 atom stereocenters. The zero-order chi connectivity index (χ0) is 37.8. The molecule has 1 aliphatic rings. The van der Waals surface area contributed by atoms with Gasteiger partial charge in [-0.05, 0) is 84.3 Å². The van der Waals surface area contributed by atoms with Crippen molar-refractivity contribution in [2.45, 2.75) is 5.41 Å². The molecule has 9 aromatic carbocycles. The third kappa shape index (κ3) is 5.24. The van der Waals surface area contributed by atoms with E-state index in [-0.39, 0.29) is 0 Å². The van der Waals surface area contributed by atoms with Crippen molar-refractivity contribution in [3.05, 3.63) is 235 Å². The smallest absolute Gasteiger partial charge is 0.164 e. The molecule has 1 aromatic heterocycles. The summed E-state index contributed by atoms with van der Waals surface area (Å²) in [5, 5.41) is 4.87. The fourth-order valence-electron chi connectivity index (χ4n) is 9.12. The summed E-state index contributed by atoms with van der Waals surface area (Å²) in [6.07, 6.45) is 0. The average Bonchev–Trinajstić information content (AvgIpc) is 3.60. The summed E-state index contributed by atoms with van der Waals surface area (Å²) in [6.45, 7) is 0. The molecule has 0 saturated heterocycles. The van der Waals surface area contributed by atoms with Crippen molar-refractivity contribution in [2.24, 2.45) is 0 Å². The summed E-state index contributed by atoms with van der Waals surface area (Å²) in [4.78, 5) is 15.8. The first-order chi connectivity index (χ1) is 28.3. The third-order valence-corrected chi connectivity index (χ3v) is 11.6. The lowest BCUT2D eigenvalue weighted by atomic mass is 9.67. The Bertz CT molecular complexity index is 3010. The second kappa shape index (κ2) is 13.4. The fourth-order valence-corrected chi connectivity index (χ4v) is 9.12. The zero-order valence-electron chi connectivity index (χ0n) is 31.0. The van der Waals surface area contributed by atoms with E-state index in [0.717, 1.165) is 27.8 Å². The van der Waals surface area contributed by atoms with Crippen LogP contribution in [-0.4, -0.2) is 15.0 Å². The molecule has 1 aliphatic carbocycles. The lowest BCUT2D eigenvalue weighted by Gasteiger charge is -2.34. The second-order valence-electron chi connectivity index (χ2n) is 14.7. The van der Waals surface area contributed by atoms with E-state index in [1.165, 1.54) is 54.9 Å². The summed E-state index contributed by atoms with van der Waals surface area (Å²) in [5.74, 6) is 1.91. The van der Waals surface area contributed by atoms with E-state index in [2.05, 4.69) is 176 Å². The molecule has 0 N–H and O–H groups in total. The SMILES string of the molecule is c1ccc(-c2nc(-c3ccccc3)nc(-c3cc(-c4cc5ccccc5c5ccccc45)cc4c3-c3ccccc3C4(c3ccccc3)c3ccccc3)n2)cc1. The predicted octanol–water partition coefficient (Wildman–Crippen LogP) is 13.2. The van der Waals surface area contributed by atoms with Gasteiger partial charge in [0.05, 0.1) is 5.41 Å². The Balaban J connectivity index is 1.32. The molecule has 266 valence electrons. The van der Waals surface area contributed by atoms with Gasteiger partial charge >= 0.3 is 0 Å². The molecular formula is C54H35N3. The van der Waals surface area contributed by atoms with Crippen LogP contribution in [0.5, 0.6) is 0 Å². The van der Waals surface area contributed by atoms with Crippen LogP contribution in [0.2, 0.25) is 0 Å². The maximum Gasteiger partial charge on any atom is 0.164 e. The number of fused-ring (bicyclic) bond motifs is 6. The van der Waals surface area contributed by atoms with Gasteiger partial charge in [0.1, 0.15) is 0 Å². The van der Waals surface area contributed by atoms with E-state index in [1.54, 1.807) is 0 Å². The van der Waals surface area contributed by atoms with Gasteiger partial charge in [-0.1, -0.05) is 194 Å². The van der Waals surface area contributed by atoms with Gasteiger partial charge in [-0.15, -0.1) is 0 Å². The zero-order valence-corrected chi connectivity index (χ0v) is 31.0. The Labute approximate surface area is 331 Å². The highest BCUT2D eigenvalue weighted by atomic mass is 15.0. The van der Waals surface area contributed by atoms with Gasteiger partial charge in [0, 0.05) is 16.7 Å². The largest absolute Gasteiger partial charge is 0.208 e. The van der Waals surface area contributed by atoms with Crippen LogP contribution < -0.4 is 0 Å². The number of benzene rings is 9. The second-order valence-corrected chi connectivity index (χ2v) is 14.7. The van der Waals surface area contributed by atoms with E-state index in [4.69, 9.17) is 15.0 Å². The van der Waals surface area contributed by atoms with Crippen LogP contribution in [0.4, 0.5) is 0 Å². The number of rotatable bonds is 6. The molecule has 0 bridgehead atoms. The Morgan fingerprint density at radius 2 is 0.789 bits per heavy atom. The van der Waals surface area contributed by atoms with Crippen molar-refractivity contribution in [1.82, 2.24) is 15.0 Å². The molecule has 0 saturated carbocycles. The number of nitrogens with zero attached hydrogens (tertiary/aromatic N) is 3. The van der Waals surface area contributed by atoms with Crippen LogP contribution in [0, 0.1) is 0 Å². The molecule has 0 radical (unpaired) electrons. The molecule has 0 amide bonds. The van der Waals surface area contributed by atoms with Crippen molar-refractivity contribution < 1.29 is 0 Å². The molecular weight excluding hydrogens is 691 g/mol. The van der Waals surface area contributed by atoms with Crippen molar-refractivity contribution in [1.29, 1.82) is 0 Å². The summed E-state index contributed by atoms with van der Waals surface area (Å²) >= 11 is 0. The molecule has 3 heteroatoms. The van der Waals surface area contributed by atoms with E-state index in [9.17, 15) is 0 Å². The maximum atomic E-state index is 5.37. The van der Waals surface area contributed by atoms with E-state index < -0.39 is 5.41 Å². The van der Waals surface area contributed by atoms with Gasteiger partial charge in [0.25, 0.3) is 0 Å². The van der Waals surface area contributed by atoms with Crippen LogP contribution in [0.15, 0.2) is 212 Å². The first kappa shape index (κ1) is 32.9. The molecule has 0 fully saturated rings. The van der Waals surface area contributed by atoms with Gasteiger partial charge in [0.15, 0.2) is 17.5 Å². The van der Waals surface area contributed by atoms with E-state index >= 15 is 0 Å². The first-order valence-corrected chi connectivity index (χ1v) is 19.4. The molecule has 10 aromatic rings. The molecule has 0 unspecified atom stereocenters. The molecule has 3 nitrogen and oxygen atoms in total. The lowest BCUT2D eigenvalue weighted by Crippen LogP contribution is -2.28. The van der Waals surface area contributed by atoms with E-state index in [1.807, 2.05) is 36.4 Å². The Morgan fingerprint density at radius 3 is 1.42 bits per heavy atom. The fraction of sp³-hybridized carbons (Fsp3) is 0.0185. The Morgan fingerprint density at radius 1 is 0.298 bits per heavy atom. The molecule has 0 aliphatic heterocycles. The van der Waals surface area contributed by atoms with Crippen LogP contribution in [0.1, 0.15) is 22.3 Å². The Kier molecular flexibility index (Phi) is 7.71. The summed E-state index contributed by atoms with van der Waals surface area (Å²) < 4.78 is 0. The molecule has 11 rings (SSSR count). The Hall–Kier alpha value is -7.49. The van der Waals surface area contributed by atoms with Crippen molar-refractivity contribution >= 4 is 21.5 Å². The van der Waals surface area contributed by atoms with Crippen LogP contribution in [0.25, 0.3) is 78.0 Å². The first-order valence-electron chi connectivity index (χ1n) is 19.4. The van der Waals surface area contributed by atoms with Crippen molar-refractivity contribution in [3.63, 3.8) is 0 Å². The average molecular weight is 726 g/mol. The molecule has 1 heterocycles. The van der Waals surface area contributed by atoms with Crippen LogP contribution in [-0.2, 0) is 5.41 Å². The predicted molar refractivity (Wildman–Crippen MR) is 234 cm³/mol. The number of aromatic nitrogens is 3. The van der Waals surface area contributed by atoms with Gasteiger partial charge < -0.3 is 0 Å². The number of hydrogen-bond donors (Lipinski definition) is 0. The summed E-state index contributed by atoms with van der Waals surface area (Å²) in [5.41, 5.74) is 11.7. The highest BCUT2D eigenvalue weighted by Crippen LogP contribution is 2.59. The summed E-state index contributed by atoms with van der Waals surface area (Å²) in [6, 6.07) is 76.0. The van der Waals surface area contributed by atoms with Gasteiger partial charge in [-0.3, -0.25) is 0 Å². The van der Waals surface area contributed by atoms with Gasteiger partial charge in [0.2, 0.25) is 0 Å². The highest BCUT2D eigenvalue weighted by Gasteiger charge is 2.47. The minimum atomic E-state index is -0.622. The van der Waals surface area contributed by atoms with Crippen LogP contribution in [0.3, 0.4) is 0 Å². The standard InChI is InChI=1S/C54H35N3/c1-5-19-36(20-6-1)51-55-52(37-21-7-2-8-22-37)57-53(56-51)47-34-39(46-33-38-23-13-14-28-42(38)43-29-15-16-30-44(43)46)35-49-50(47)45-31-17-18-32-48(45)54(49,40-24-9-3-10-25-40)41-26-11-4-12-27-41/h1-35H. The van der Waals surface area contributed by atoms with E-state index in [0.29, 0.717) is 17.5 Å². The quantitative estimate of drug-likeness (QED) is 0.160. The van der Waals surface area contributed by atoms with Gasteiger partial charge in [-0.2, -0.15) is 0 Å². The maximum absolute atomic E-state index is 5.37. The molecule has 0 spiro atoms. The topological polar surface area (TPSA) is 38.7 Å². The molecule has 57 heavy (non-hydrogen) atoms. The monoisotopic (exact) mass is 725 g/mol. The van der Waals surface area contributed by atoms with Crippen LogP contribution >= 0.6 is 0 Å². The highest BCUT2D eigenvalue weighted by molar-refractivity contribution is 6.14. The van der Waals surface area contributed by atoms with Gasteiger partial charge in [-0.25, -0.2) is 15.0 Å². The van der Waals surface area contributed by atoms with Crippen molar-refractivity contribution in [2.75, 3.05) is 0 Å². The normalized spacial score (nSPS) is 12.7. The summed E-state index contributed by atoms with van der Waals surface area (Å²) in [7, 11) is 0. The minimum absolute atomic E-state index is 0.622. The number of hydrogen-bond acceptors (Lipinski definition) is 3. The lowest BCUT2D eigenvalue weighted by molar-refractivity contribution is 0.769. The van der Waals surface area contributed by atoms with Crippen molar-refractivity contribution in [3.8, 4) is 56.4 Å².